The van der Waals surface area contributed by atoms with Crippen molar-refractivity contribution in [2.45, 2.75) is 26.7 Å². The molecule has 0 aliphatic carbocycles. The molecule has 4 heteroatoms. The quantitative estimate of drug-likeness (QED) is 0.939. The van der Waals surface area contributed by atoms with Crippen molar-refractivity contribution in [2.75, 3.05) is 17.7 Å². The number of amides is 1. The number of nitrogens with two attached hydrogens (primary N) is 1. The van der Waals surface area contributed by atoms with Gasteiger partial charge in [-0.15, -0.1) is 0 Å². The van der Waals surface area contributed by atoms with E-state index in [1.54, 1.807) is 18.0 Å². The van der Waals surface area contributed by atoms with E-state index in [0.717, 1.165) is 16.9 Å². The van der Waals surface area contributed by atoms with Crippen molar-refractivity contribution in [1.29, 1.82) is 0 Å². The van der Waals surface area contributed by atoms with Gasteiger partial charge in [-0.25, -0.2) is 4.98 Å². The van der Waals surface area contributed by atoms with Crippen molar-refractivity contribution < 1.29 is 4.79 Å². The molecule has 0 aliphatic rings. The summed E-state index contributed by atoms with van der Waals surface area (Å²) in [5.41, 5.74) is 9.19. The van der Waals surface area contributed by atoms with Crippen LogP contribution in [0.15, 0.2) is 36.4 Å². The Hall–Kier alpha value is -2.36. The summed E-state index contributed by atoms with van der Waals surface area (Å²) >= 11 is 0. The van der Waals surface area contributed by atoms with E-state index in [1.165, 1.54) is 0 Å². The number of hydrogen-bond acceptors (Lipinski definition) is 3. The Balaban J connectivity index is 2.35. The lowest BCUT2D eigenvalue weighted by Gasteiger charge is -2.19. The smallest absolute Gasteiger partial charge is 0.258 e. The van der Waals surface area contributed by atoms with Crippen LogP contribution in [0.4, 0.5) is 11.5 Å². The van der Waals surface area contributed by atoms with Crippen molar-refractivity contribution >= 4 is 17.4 Å². The van der Waals surface area contributed by atoms with Crippen LogP contribution >= 0.6 is 0 Å². The van der Waals surface area contributed by atoms with Crippen molar-refractivity contribution in [3.8, 4) is 0 Å². The van der Waals surface area contributed by atoms with Crippen LogP contribution in [0, 0.1) is 6.92 Å². The van der Waals surface area contributed by atoms with E-state index >= 15 is 0 Å². The summed E-state index contributed by atoms with van der Waals surface area (Å²) < 4.78 is 0. The Morgan fingerprint density at radius 2 is 1.95 bits per heavy atom. The van der Waals surface area contributed by atoms with Gasteiger partial charge in [0, 0.05) is 24.0 Å². The molecule has 1 aromatic heterocycles. The third-order valence-electron chi connectivity index (χ3n) is 3.40. The molecule has 0 aliphatic heterocycles. The Morgan fingerprint density at radius 3 is 2.57 bits per heavy atom. The monoisotopic (exact) mass is 283 g/mol. The molecule has 0 saturated heterocycles. The fourth-order valence-corrected chi connectivity index (χ4v) is 2.14. The number of benzene rings is 1. The van der Waals surface area contributed by atoms with Gasteiger partial charge in [-0.1, -0.05) is 26.0 Å². The number of nitrogens with zero attached hydrogens (tertiary/aromatic N) is 2. The van der Waals surface area contributed by atoms with Crippen molar-refractivity contribution in [1.82, 2.24) is 4.98 Å². The summed E-state index contributed by atoms with van der Waals surface area (Å²) in [5.74, 6) is 0.517. The van der Waals surface area contributed by atoms with E-state index in [9.17, 15) is 4.79 Å². The standard InChI is InChI=1S/C17H21N3O/c1-11(2)15-9-13(10-16(18)19-15)17(21)20(4)14-7-5-6-12(3)8-14/h5-11H,1-4H3,(H2,18,19). The topological polar surface area (TPSA) is 59.2 Å². The molecule has 110 valence electrons. The maximum Gasteiger partial charge on any atom is 0.258 e. The van der Waals surface area contributed by atoms with Crippen LogP contribution < -0.4 is 10.6 Å². The van der Waals surface area contributed by atoms with Gasteiger partial charge < -0.3 is 10.6 Å². The number of rotatable bonds is 3. The summed E-state index contributed by atoms with van der Waals surface area (Å²) in [6, 6.07) is 11.3. The first-order valence-corrected chi connectivity index (χ1v) is 7.00. The van der Waals surface area contributed by atoms with Crippen molar-refractivity contribution in [3.63, 3.8) is 0 Å². The molecule has 2 rings (SSSR count). The predicted molar refractivity (Wildman–Crippen MR) is 86.7 cm³/mol. The van der Waals surface area contributed by atoms with E-state index in [2.05, 4.69) is 4.98 Å². The van der Waals surface area contributed by atoms with Crippen LogP contribution in [0.1, 0.15) is 41.4 Å². The van der Waals surface area contributed by atoms with Crippen molar-refractivity contribution in [3.05, 3.63) is 53.2 Å². The highest BCUT2D eigenvalue weighted by atomic mass is 16.2. The molecule has 2 aromatic rings. The molecule has 0 bridgehead atoms. The molecule has 4 nitrogen and oxygen atoms in total. The average Bonchev–Trinajstić information content (AvgIpc) is 2.45. The van der Waals surface area contributed by atoms with E-state index < -0.39 is 0 Å². The first-order chi connectivity index (χ1) is 9.88. The molecule has 0 fully saturated rings. The number of nitrogen functional groups attached to an aromatic ring is 1. The first-order valence-electron chi connectivity index (χ1n) is 7.00. The number of aromatic nitrogens is 1. The Morgan fingerprint density at radius 1 is 1.24 bits per heavy atom. The van der Waals surface area contributed by atoms with Gasteiger partial charge in [0.15, 0.2) is 0 Å². The highest BCUT2D eigenvalue weighted by molar-refractivity contribution is 6.06. The van der Waals surface area contributed by atoms with Crippen LogP contribution in [0.3, 0.4) is 0 Å². The zero-order valence-corrected chi connectivity index (χ0v) is 12.9. The fraction of sp³-hybridized carbons (Fsp3) is 0.294. The number of anilines is 2. The second-order valence-electron chi connectivity index (χ2n) is 5.56. The number of pyridine rings is 1. The van der Waals surface area contributed by atoms with Gasteiger partial charge >= 0.3 is 0 Å². The second kappa shape index (κ2) is 5.95. The SMILES string of the molecule is Cc1cccc(N(C)C(=O)c2cc(N)nc(C(C)C)c2)c1. The van der Waals surface area contributed by atoms with Gasteiger partial charge in [-0.3, -0.25) is 4.79 Å². The number of carbonyl (C=O) groups is 1. The largest absolute Gasteiger partial charge is 0.384 e. The lowest BCUT2D eigenvalue weighted by Crippen LogP contribution is -2.26. The van der Waals surface area contributed by atoms with E-state index in [-0.39, 0.29) is 11.8 Å². The minimum Gasteiger partial charge on any atom is -0.384 e. The molecule has 0 saturated carbocycles. The molecular weight excluding hydrogens is 262 g/mol. The molecule has 0 radical (unpaired) electrons. The molecule has 1 aromatic carbocycles. The van der Waals surface area contributed by atoms with Crippen LogP contribution in [-0.2, 0) is 0 Å². The van der Waals surface area contributed by atoms with Crippen LogP contribution in [0.2, 0.25) is 0 Å². The Bertz CT molecular complexity index is 665. The highest BCUT2D eigenvalue weighted by Crippen LogP contribution is 2.20. The van der Waals surface area contributed by atoms with Gasteiger partial charge in [0.05, 0.1) is 0 Å². The van der Waals surface area contributed by atoms with E-state index in [1.807, 2.05) is 51.1 Å². The molecule has 2 N–H and O–H groups in total. The third-order valence-corrected chi connectivity index (χ3v) is 3.40. The molecule has 0 unspecified atom stereocenters. The third kappa shape index (κ3) is 3.40. The average molecular weight is 283 g/mol. The van der Waals surface area contributed by atoms with Gasteiger partial charge in [0.1, 0.15) is 5.82 Å². The zero-order chi connectivity index (χ0) is 15.6. The molecule has 0 spiro atoms. The molecule has 1 amide bonds. The summed E-state index contributed by atoms with van der Waals surface area (Å²) in [5, 5.41) is 0. The highest BCUT2D eigenvalue weighted by Gasteiger charge is 2.16. The second-order valence-corrected chi connectivity index (χ2v) is 5.56. The van der Waals surface area contributed by atoms with Crippen LogP contribution in [0.5, 0.6) is 0 Å². The number of aryl methyl sites for hydroxylation is 1. The Kier molecular flexibility index (Phi) is 4.26. The predicted octanol–water partition coefficient (Wildman–Crippen LogP) is 3.37. The zero-order valence-electron chi connectivity index (χ0n) is 12.9. The van der Waals surface area contributed by atoms with Gasteiger partial charge in [0.2, 0.25) is 0 Å². The maximum absolute atomic E-state index is 12.6. The minimum absolute atomic E-state index is 0.0865. The lowest BCUT2D eigenvalue weighted by atomic mass is 10.1. The fourth-order valence-electron chi connectivity index (χ4n) is 2.14. The number of hydrogen-bond donors (Lipinski definition) is 1. The lowest BCUT2D eigenvalue weighted by molar-refractivity contribution is 0.0993. The van der Waals surface area contributed by atoms with Crippen LogP contribution in [0.25, 0.3) is 0 Å². The summed E-state index contributed by atoms with van der Waals surface area (Å²) in [6.07, 6.45) is 0. The van der Waals surface area contributed by atoms with Crippen LogP contribution in [-0.4, -0.2) is 17.9 Å². The number of carbonyl (C=O) groups excluding carboxylic acids is 1. The maximum atomic E-state index is 12.6. The normalized spacial score (nSPS) is 10.7. The van der Waals surface area contributed by atoms with Crippen molar-refractivity contribution in [2.24, 2.45) is 0 Å². The van der Waals surface area contributed by atoms with E-state index in [4.69, 9.17) is 5.73 Å². The van der Waals surface area contributed by atoms with E-state index in [0.29, 0.717) is 11.4 Å². The van der Waals surface area contributed by atoms with Gasteiger partial charge in [-0.2, -0.15) is 0 Å². The van der Waals surface area contributed by atoms with Gasteiger partial charge in [0.25, 0.3) is 5.91 Å². The first kappa shape index (κ1) is 15.0. The Labute approximate surface area is 125 Å². The summed E-state index contributed by atoms with van der Waals surface area (Å²) in [7, 11) is 1.77. The summed E-state index contributed by atoms with van der Waals surface area (Å²) in [6.45, 7) is 6.06. The minimum atomic E-state index is -0.0865. The molecule has 21 heavy (non-hydrogen) atoms. The summed E-state index contributed by atoms with van der Waals surface area (Å²) in [4.78, 5) is 18.5. The molecule has 1 heterocycles. The molecular formula is C17H21N3O. The molecule has 0 atom stereocenters. The van der Waals surface area contributed by atoms with Gasteiger partial charge in [-0.05, 0) is 42.7 Å².